The van der Waals surface area contributed by atoms with E-state index in [0.29, 0.717) is 17.4 Å². The Labute approximate surface area is 125 Å². The Kier molecular flexibility index (Phi) is 7.25. The summed E-state index contributed by atoms with van der Waals surface area (Å²) in [5, 5.41) is 0. The second kappa shape index (κ2) is 8.43. The van der Waals surface area contributed by atoms with Crippen LogP contribution in [0.4, 0.5) is 0 Å². The molecule has 2 heteroatoms. The van der Waals surface area contributed by atoms with Gasteiger partial charge in [0.25, 0.3) is 0 Å². The molecule has 2 nitrogen and oxygen atoms in total. The Morgan fingerprint density at radius 2 is 1.80 bits per heavy atom. The van der Waals surface area contributed by atoms with Gasteiger partial charge in [0.2, 0.25) is 0 Å². The third-order valence-electron chi connectivity index (χ3n) is 3.74. The molecule has 2 unspecified atom stereocenters. The first-order valence-electron chi connectivity index (χ1n) is 7.91. The molecule has 0 radical (unpaired) electrons. The predicted octanol–water partition coefficient (Wildman–Crippen LogP) is 4.30. The Bertz CT molecular complexity index is 353. The van der Waals surface area contributed by atoms with Gasteiger partial charge in [-0.05, 0) is 49.0 Å². The second-order valence-corrected chi connectivity index (χ2v) is 7.35. The average molecular weight is 276 g/mol. The number of aryl methyl sites for hydroxylation is 1. The molecule has 0 bridgehead atoms. The van der Waals surface area contributed by atoms with Crippen LogP contribution in [-0.2, 0) is 6.42 Å². The number of rotatable bonds is 8. The molecule has 114 valence electrons. The predicted molar refractivity (Wildman–Crippen MR) is 88.3 cm³/mol. The van der Waals surface area contributed by atoms with Gasteiger partial charge in [-0.25, -0.2) is 0 Å². The maximum absolute atomic E-state index is 5.71. The molecule has 0 heterocycles. The molecule has 0 fully saturated rings. The van der Waals surface area contributed by atoms with E-state index in [9.17, 15) is 0 Å². The lowest BCUT2D eigenvalue weighted by molar-refractivity contribution is 0.270. The number of nitrogens with two attached hydrogens (primary N) is 1. The summed E-state index contributed by atoms with van der Waals surface area (Å²) in [7, 11) is 0. The Morgan fingerprint density at radius 3 is 2.35 bits per heavy atom. The van der Waals surface area contributed by atoms with E-state index in [-0.39, 0.29) is 0 Å². The maximum atomic E-state index is 5.71. The molecule has 0 aromatic heterocycles. The van der Waals surface area contributed by atoms with Crippen molar-refractivity contribution in [2.24, 2.45) is 17.2 Å². The first-order chi connectivity index (χ1) is 9.40. The average Bonchev–Trinajstić information content (AvgIpc) is 2.36. The van der Waals surface area contributed by atoms with Crippen molar-refractivity contribution in [2.75, 3.05) is 0 Å². The van der Waals surface area contributed by atoms with Gasteiger partial charge >= 0.3 is 0 Å². The molecule has 3 N–H and O–H groups in total. The monoisotopic (exact) mass is 276 g/mol. The Balaban J connectivity index is 2.29. The summed E-state index contributed by atoms with van der Waals surface area (Å²) in [5.41, 5.74) is 4.83. The van der Waals surface area contributed by atoms with Crippen molar-refractivity contribution < 1.29 is 0 Å². The van der Waals surface area contributed by atoms with E-state index >= 15 is 0 Å². The lowest BCUT2D eigenvalue weighted by atomic mass is 9.82. The zero-order chi connectivity index (χ0) is 15.0. The van der Waals surface area contributed by atoms with Crippen LogP contribution in [0.5, 0.6) is 0 Å². The summed E-state index contributed by atoms with van der Waals surface area (Å²) < 4.78 is 0. The largest absolute Gasteiger partial charge is 0.271 e. The molecular formula is C18H32N2. The van der Waals surface area contributed by atoms with E-state index < -0.39 is 0 Å². The number of benzene rings is 1. The molecule has 0 saturated carbocycles. The van der Waals surface area contributed by atoms with Gasteiger partial charge in [-0.3, -0.25) is 11.3 Å². The minimum absolute atomic E-state index is 0.405. The molecule has 2 atom stereocenters. The van der Waals surface area contributed by atoms with E-state index in [0.717, 1.165) is 12.8 Å². The van der Waals surface area contributed by atoms with Crippen molar-refractivity contribution in [3.05, 3.63) is 35.9 Å². The summed E-state index contributed by atoms with van der Waals surface area (Å²) in [6.45, 7) is 9.27. The summed E-state index contributed by atoms with van der Waals surface area (Å²) in [4.78, 5) is 0. The van der Waals surface area contributed by atoms with Crippen LogP contribution < -0.4 is 11.3 Å². The van der Waals surface area contributed by atoms with Crippen molar-refractivity contribution in [3.8, 4) is 0 Å². The molecule has 20 heavy (non-hydrogen) atoms. The summed E-state index contributed by atoms with van der Waals surface area (Å²) >= 11 is 0. The van der Waals surface area contributed by atoms with Crippen molar-refractivity contribution in [1.82, 2.24) is 5.43 Å². The summed E-state index contributed by atoms with van der Waals surface area (Å²) in [5.74, 6) is 6.43. The lowest BCUT2D eigenvalue weighted by Gasteiger charge is -2.26. The van der Waals surface area contributed by atoms with Gasteiger partial charge in [0.05, 0.1) is 0 Å². The fourth-order valence-corrected chi connectivity index (χ4v) is 3.08. The normalized spacial score (nSPS) is 15.1. The number of hydrogen-bond donors (Lipinski definition) is 2. The quantitative estimate of drug-likeness (QED) is 0.548. The lowest BCUT2D eigenvalue weighted by Crippen LogP contribution is -2.36. The summed E-state index contributed by atoms with van der Waals surface area (Å²) in [6.07, 6.45) is 5.92. The van der Waals surface area contributed by atoms with Gasteiger partial charge in [0.1, 0.15) is 0 Å². The molecule has 0 aliphatic carbocycles. The maximum Gasteiger partial charge on any atom is 0.0213 e. The van der Waals surface area contributed by atoms with Crippen LogP contribution in [0.15, 0.2) is 30.3 Å². The minimum Gasteiger partial charge on any atom is -0.271 e. The highest BCUT2D eigenvalue weighted by molar-refractivity contribution is 5.14. The number of hydrazine groups is 1. The molecule has 0 aliphatic heterocycles. The van der Waals surface area contributed by atoms with Gasteiger partial charge in [-0.15, -0.1) is 0 Å². The van der Waals surface area contributed by atoms with Gasteiger partial charge in [0, 0.05) is 6.04 Å². The standard InChI is InChI=1S/C18H32N2/c1-15(14-18(2,3)4)13-17(20-19)12-8-11-16-9-6-5-7-10-16/h5-7,9-10,15,17,20H,8,11-14,19H2,1-4H3. The van der Waals surface area contributed by atoms with E-state index in [2.05, 4.69) is 63.5 Å². The third kappa shape index (κ3) is 7.66. The molecule has 0 aliphatic rings. The van der Waals surface area contributed by atoms with Crippen molar-refractivity contribution in [2.45, 2.75) is 65.8 Å². The smallest absolute Gasteiger partial charge is 0.0213 e. The fourth-order valence-electron chi connectivity index (χ4n) is 3.08. The molecule has 1 aromatic carbocycles. The van der Waals surface area contributed by atoms with Crippen LogP contribution in [-0.4, -0.2) is 6.04 Å². The number of hydrogen-bond acceptors (Lipinski definition) is 2. The van der Waals surface area contributed by atoms with Crippen LogP contribution in [0.1, 0.15) is 58.9 Å². The van der Waals surface area contributed by atoms with Crippen LogP contribution in [0, 0.1) is 11.3 Å². The van der Waals surface area contributed by atoms with Crippen LogP contribution in [0.3, 0.4) is 0 Å². The number of nitrogens with one attached hydrogen (secondary N) is 1. The topological polar surface area (TPSA) is 38.0 Å². The first-order valence-corrected chi connectivity index (χ1v) is 7.91. The van der Waals surface area contributed by atoms with Crippen molar-refractivity contribution in [3.63, 3.8) is 0 Å². The molecular weight excluding hydrogens is 244 g/mol. The minimum atomic E-state index is 0.405. The highest BCUT2D eigenvalue weighted by atomic mass is 15.2. The summed E-state index contributed by atoms with van der Waals surface area (Å²) in [6, 6.07) is 11.1. The van der Waals surface area contributed by atoms with E-state index in [4.69, 9.17) is 5.84 Å². The van der Waals surface area contributed by atoms with Crippen LogP contribution in [0.2, 0.25) is 0 Å². The fraction of sp³-hybridized carbons (Fsp3) is 0.667. The first kappa shape index (κ1) is 17.2. The third-order valence-corrected chi connectivity index (χ3v) is 3.74. The zero-order valence-electron chi connectivity index (χ0n) is 13.7. The van der Waals surface area contributed by atoms with E-state index in [1.807, 2.05) is 0 Å². The molecule has 0 amide bonds. The van der Waals surface area contributed by atoms with E-state index in [1.165, 1.54) is 24.8 Å². The van der Waals surface area contributed by atoms with Crippen LogP contribution in [0.25, 0.3) is 0 Å². The molecule has 1 aromatic rings. The van der Waals surface area contributed by atoms with E-state index in [1.54, 1.807) is 0 Å². The van der Waals surface area contributed by atoms with Crippen molar-refractivity contribution >= 4 is 0 Å². The Hall–Kier alpha value is -0.860. The van der Waals surface area contributed by atoms with Gasteiger partial charge in [-0.2, -0.15) is 0 Å². The highest BCUT2D eigenvalue weighted by Crippen LogP contribution is 2.27. The molecule has 0 saturated heterocycles. The molecule has 0 spiro atoms. The molecule has 1 rings (SSSR count). The van der Waals surface area contributed by atoms with Gasteiger partial charge in [-0.1, -0.05) is 58.0 Å². The zero-order valence-corrected chi connectivity index (χ0v) is 13.7. The van der Waals surface area contributed by atoms with Crippen LogP contribution >= 0.6 is 0 Å². The Morgan fingerprint density at radius 1 is 1.15 bits per heavy atom. The second-order valence-electron chi connectivity index (χ2n) is 7.35. The van der Waals surface area contributed by atoms with Gasteiger partial charge in [0.15, 0.2) is 0 Å². The highest BCUT2D eigenvalue weighted by Gasteiger charge is 2.18. The SMILES string of the molecule is CC(CC(CCCc1ccccc1)NN)CC(C)(C)C. The van der Waals surface area contributed by atoms with Gasteiger partial charge < -0.3 is 0 Å². The van der Waals surface area contributed by atoms with Crippen molar-refractivity contribution in [1.29, 1.82) is 0 Å².